The minimum atomic E-state index is -0.657. The number of hydrogen-bond acceptors (Lipinski definition) is 8. The van der Waals surface area contributed by atoms with Crippen molar-refractivity contribution in [2.24, 2.45) is 5.92 Å². The van der Waals surface area contributed by atoms with E-state index in [9.17, 15) is 9.59 Å². The predicted octanol–water partition coefficient (Wildman–Crippen LogP) is 3.96. The summed E-state index contributed by atoms with van der Waals surface area (Å²) >= 11 is 1.75. The molecule has 1 aromatic carbocycles. The van der Waals surface area contributed by atoms with Gasteiger partial charge in [0.25, 0.3) is 0 Å². The fraction of sp³-hybridized carbons (Fsp3) is 0.517. The Morgan fingerprint density at radius 2 is 2.00 bits per heavy atom. The predicted molar refractivity (Wildman–Crippen MR) is 153 cm³/mol. The maximum Gasteiger partial charge on any atom is 0.313 e. The number of likely N-dealkylation sites (tertiary alicyclic amines) is 2. The molecule has 3 saturated heterocycles. The van der Waals surface area contributed by atoms with E-state index in [-0.39, 0.29) is 12.0 Å². The van der Waals surface area contributed by atoms with Crippen molar-refractivity contribution < 1.29 is 14.3 Å². The average molecular weight is 549 g/mol. The van der Waals surface area contributed by atoms with Crippen molar-refractivity contribution in [2.45, 2.75) is 51.0 Å². The summed E-state index contributed by atoms with van der Waals surface area (Å²) in [5, 5.41) is 3.92. The molecule has 3 aliphatic heterocycles. The highest BCUT2D eigenvalue weighted by atomic mass is 32.1. The monoisotopic (exact) mass is 548 g/mol. The fourth-order valence-corrected chi connectivity index (χ4v) is 6.84. The Hall–Kier alpha value is -3.08. The highest BCUT2D eigenvalue weighted by Crippen LogP contribution is 2.36. The Bertz CT molecular complexity index is 1370. The minimum absolute atomic E-state index is 0.161. The van der Waals surface area contributed by atoms with Gasteiger partial charge in [0.05, 0.1) is 46.4 Å². The van der Waals surface area contributed by atoms with Crippen LogP contribution >= 0.6 is 11.3 Å². The van der Waals surface area contributed by atoms with Crippen LogP contribution in [0.25, 0.3) is 10.2 Å². The first kappa shape index (κ1) is 26.2. The standard InChI is InChI=1S/C29H36N6O3S/c1-18-4-6-24(19-5-7-25-23(12-19)33-26(39-25)8-11-34-9-2-3-10-34)35(15-18)29(37)28(36)32-21-13-22(20-16-38-17-20)27(30)31-14-21/h5,7,12-14,18,20,24H,2-4,6,8-11,15-17H2,1H3,(H2,30,31)(H,32,36)/t18-,24+/m0/s1. The zero-order valence-electron chi connectivity index (χ0n) is 22.4. The molecule has 206 valence electrons. The third kappa shape index (κ3) is 5.64. The summed E-state index contributed by atoms with van der Waals surface area (Å²) in [5.41, 5.74) is 9.35. The van der Waals surface area contributed by atoms with E-state index in [1.165, 1.54) is 36.8 Å². The van der Waals surface area contributed by atoms with E-state index < -0.39 is 11.8 Å². The third-order valence-corrected chi connectivity index (χ3v) is 9.34. The van der Waals surface area contributed by atoms with Gasteiger partial charge < -0.3 is 25.6 Å². The molecule has 0 saturated carbocycles. The van der Waals surface area contributed by atoms with Gasteiger partial charge in [0.2, 0.25) is 0 Å². The van der Waals surface area contributed by atoms with Crippen molar-refractivity contribution >= 4 is 44.9 Å². The molecule has 2 amide bonds. The normalized spacial score (nSPS) is 22.2. The summed E-state index contributed by atoms with van der Waals surface area (Å²) in [5.74, 6) is -0.272. The number of aromatic nitrogens is 2. The molecule has 3 aliphatic rings. The summed E-state index contributed by atoms with van der Waals surface area (Å²) < 4.78 is 6.44. The highest BCUT2D eigenvalue weighted by Gasteiger charge is 2.35. The largest absolute Gasteiger partial charge is 0.383 e. The van der Waals surface area contributed by atoms with Gasteiger partial charge in [-0.3, -0.25) is 9.59 Å². The van der Waals surface area contributed by atoms with Gasteiger partial charge in [0, 0.05) is 31.0 Å². The van der Waals surface area contributed by atoms with Crippen molar-refractivity contribution in [3.8, 4) is 0 Å². The van der Waals surface area contributed by atoms with Crippen LogP contribution in [0.5, 0.6) is 0 Å². The number of rotatable bonds is 6. The lowest BCUT2D eigenvalue weighted by molar-refractivity contribution is -0.146. The van der Waals surface area contributed by atoms with Gasteiger partial charge in [0.1, 0.15) is 5.82 Å². The van der Waals surface area contributed by atoms with Gasteiger partial charge in [-0.05, 0) is 68.5 Å². The molecule has 2 aromatic heterocycles. The van der Waals surface area contributed by atoms with E-state index in [4.69, 9.17) is 15.5 Å². The second kappa shape index (κ2) is 11.2. The molecule has 0 bridgehead atoms. The van der Waals surface area contributed by atoms with E-state index >= 15 is 0 Å². The molecule has 0 spiro atoms. The van der Waals surface area contributed by atoms with E-state index in [2.05, 4.69) is 40.3 Å². The van der Waals surface area contributed by atoms with Gasteiger partial charge in [-0.2, -0.15) is 0 Å². The summed E-state index contributed by atoms with van der Waals surface area (Å²) in [6, 6.07) is 7.97. The first-order chi connectivity index (χ1) is 18.9. The van der Waals surface area contributed by atoms with E-state index in [0.29, 0.717) is 37.2 Å². The maximum absolute atomic E-state index is 13.5. The average Bonchev–Trinajstić information content (AvgIpc) is 3.57. The number of pyridine rings is 1. The molecule has 3 N–H and O–H groups in total. The number of ether oxygens (including phenoxy) is 1. The number of amides is 2. The number of nitrogens with zero attached hydrogens (tertiary/aromatic N) is 4. The molecule has 5 heterocycles. The Morgan fingerprint density at radius 1 is 1.18 bits per heavy atom. The topological polar surface area (TPSA) is 114 Å². The maximum atomic E-state index is 13.5. The Labute approximate surface area is 232 Å². The molecule has 10 heteroatoms. The number of nitrogen functional groups attached to an aromatic ring is 1. The number of piperidine rings is 1. The van der Waals surface area contributed by atoms with Crippen LogP contribution in [0, 0.1) is 5.92 Å². The van der Waals surface area contributed by atoms with Gasteiger partial charge >= 0.3 is 11.8 Å². The van der Waals surface area contributed by atoms with Gasteiger partial charge in [-0.15, -0.1) is 11.3 Å². The lowest BCUT2D eigenvalue weighted by Crippen LogP contribution is -2.46. The number of nitrogens with one attached hydrogen (secondary N) is 1. The number of nitrogens with two attached hydrogens (primary N) is 1. The minimum Gasteiger partial charge on any atom is -0.383 e. The number of hydrogen-bond donors (Lipinski definition) is 2. The Morgan fingerprint density at radius 3 is 2.77 bits per heavy atom. The lowest BCUT2D eigenvalue weighted by Gasteiger charge is -2.38. The van der Waals surface area contributed by atoms with Crippen LogP contribution in [-0.4, -0.2) is 71.0 Å². The smallest absolute Gasteiger partial charge is 0.313 e. The molecule has 0 unspecified atom stereocenters. The van der Waals surface area contributed by atoms with Crippen molar-refractivity contribution in [1.29, 1.82) is 0 Å². The summed E-state index contributed by atoms with van der Waals surface area (Å²) in [7, 11) is 0. The van der Waals surface area contributed by atoms with Crippen molar-refractivity contribution in [1.82, 2.24) is 19.8 Å². The number of benzene rings is 1. The van der Waals surface area contributed by atoms with Crippen molar-refractivity contribution in [2.75, 3.05) is 50.4 Å². The Balaban J connectivity index is 1.17. The molecule has 6 rings (SSSR count). The number of carbonyl (C=O) groups excluding carboxylic acids is 2. The molecule has 39 heavy (non-hydrogen) atoms. The van der Waals surface area contributed by atoms with Crippen LogP contribution < -0.4 is 11.1 Å². The number of anilines is 2. The Kier molecular flexibility index (Phi) is 7.51. The second-order valence-electron chi connectivity index (χ2n) is 11.2. The van der Waals surface area contributed by atoms with Gasteiger partial charge in [-0.25, -0.2) is 9.97 Å². The lowest BCUT2D eigenvalue weighted by atomic mass is 9.89. The summed E-state index contributed by atoms with van der Waals surface area (Å²) in [4.78, 5) is 40.0. The second-order valence-corrected chi connectivity index (χ2v) is 12.3. The first-order valence-corrected chi connectivity index (χ1v) is 14.8. The van der Waals surface area contributed by atoms with Crippen LogP contribution in [0.1, 0.15) is 60.7 Å². The third-order valence-electron chi connectivity index (χ3n) is 8.24. The van der Waals surface area contributed by atoms with Crippen LogP contribution in [0.15, 0.2) is 30.5 Å². The highest BCUT2D eigenvalue weighted by molar-refractivity contribution is 7.18. The molecular weight excluding hydrogens is 512 g/mol. The fourth-order valence-electron chi connectivity index (χ4n) is 5.91. The molecule has 9 nitrogen and oxygen atoms in total. The zero-order valence-corrected chi connectivity index (χ0v) is 23.2. The summed E-state index contributed by atoms with van der Waals surface area (Å²) in [6.45, 7) is 7.27. The van der Waals surface area contributed by atoms with E-state index in [1.807, 2.05) is 0 Å². The van der Waals surface area contributed by atoms with Crippen LogP contribution in [0.2, 0.25) is 0 Å². The van der Waals surface area contributed by atoms with Crippen molar-refractivity contribution in [3.05, 3.63) is 46.6 Å². The molecule has 2 atom stereocenters. The van der Waals surface area contributed by atoms with Gasteiger partial charge in [0.15, 0.2) is 0 Å². The van der Waals surface area contributed by atoms with E-state index in [1.54, 1.807) is 22.3 Å². The molecule has 0 aliphatic carbocycles. The zero-order chi connectivity index (χ0) is 26.9. The quantitative estimate of drug-likeness (QED) is 0.448. The van der Waals surface area contributed by atoms with Crippen LogP contribution in [0.4, 0.5) is 11.5 Å². The molecule has 3 fully saturated rings. The molecule has 0 radical (unpaired) electrons. The SMILES string of the molecule is C[C@H]1CC[C@H](c2ccc3sc(CCN4CCCC4)nc3c2)N(C(=O)C(=O)Nc2cnc(N)c(C3COC3)c2)C1. The molecular formula is C29H36N6O3S. The number of carbonyl (C=O) groups is 2. The first-order valence-electron chi connectivity index (χ1n) is 14.0. The van der Waals surface area contributed by atoms with E-state index in [0.717, 1.165) is 47.5 Å². The summed E-state index contributed by atoms with van der Waals surface area (Å²) in [6.07, 6.45) is 6.87. The molecule has 3 aromatic rings. The van der Waals surface area contributed by atoms with Gasteiger partial charge in [-0.1, -0.05) is 13.0 Å². The van der Waals surface area contributed by atoms with Crippen LogP contribution in [-0.2, 0) is 20.7 Å². The van der Waals surface area contributed by atoms with Crippen LogP contribution in [0.3, 0.4) is 0 Å². The number of fused-ring (bicyclic) bond motifs is 1. The number of thiazole rings is 1. The van der Waals surface area contributed by atoms with Crippen molar-refractivity contribution in [3.63, 3.8) is 0 Å².